The predicted molar refractivity (Wildman–Crippen MR) is 76.6 cm³/mol. The van der Waals surface area contributed by atoms with Crippen LogP contribution in [0.25, 0.3) is 0 Å². The molecular weight excluding hydrogens is 260 g/mol. The summed E-state index contributed by atoms with van der Waals surface area (Å²) >= 11 is 1.63. The molecule has 1 N–H and O–H groups in total. The van der Waals surface area contributed by atoms with Crippen molar-refractivity contribution in [1.29, 1.82) is 0 Å². The van der Waals surface area contributed by atoms with Crippen molar-refractivity contribution in [3.05, 3.63) is 48.7 Å². The van der Waals surface area contributed by atoms with E-state index in [1.54, 1.807) is 30.1 Å². The van der Waals surface area contributed by atoms with Crippen molar-refractivity contribution in [2.24, 2.45) is 0 Å². The van der Waals surface area contributed by atoms with Crippen molar-refractivity contribution < 1.29 is 9.53 Å². The molecule has 0 unspecified atom stereocenters. The first-order valence-corrected chi connectivity index (χ1v) is 6.98. The largest absolute Gasteiger partial charge is 0.468 e. The van der Waals surface area contributed by atoms with E-state index in [0.29, 0.717) is 5.88 Å². The van der Waals surface area contributed by atoms with Gasteiger partial charge in [0, 0.05) is 22.8 Å². The summed E-state index contributed by atoms with van der Waals surface area (Å²) in [6.07, 6.45) is 3.61. The molecule has 5 heteroatoms. The monoisotopic (exact) mass is 274 g/mol. The Morgan fingerprint density at radius 2 is 2.21 bits per heavy atom. The average Bonchev–Trinajstić information content (AvgIpc) is 2.46. The van der Waals surface area contributed by atoms with Crippen molar-refractivity contribution in [3.8, 4) is 5.88 Å². The number of benzene rings is 1. The fraction of sp³-hybridized carbons (Fsp3) is 0.143. The summed E-state index contributed by atoms with van der Waals surface area (Å²) in [5.41, 5.74) is 0.765. The first-order valence-electron chi connectivity index (χ1n) is 5.75. The first-order chi connectivity index (χ1) is 9.28. The first kappa shape index (κ1) is 13.4. The molecule has 19 heavy (non-hydrogen) atoms. The molecule has 4 nitrogen and oxygen atoms in total. The predicted octanol–water partition coefficient (Wildman–Crippen LogP) is 2.82. The molecule has 0 aliphatic carbocycles. The molecule has 0 saturated carbocycles. The number of anilines is 1. The summed E-state index contributed by atoms with van der Waals surface area (Å²) in [5, 5.41) is 2.78. The van der Waals surface area contributed by atoms with E-state index < -0.39 is 0 Å². The molecule has 1 amide bonds. The minimum Gasteiger partial charge on any atom is -0.468 e. The van der Waals surface area contributed by atoms with Gasteiger partial charge in [0.2, 0.25) is 5.88 Å². The van der Waals surface area contributed by atoms with Gasteiger partial charge in [-0.2, -0.15) is 0 Å². The number of pyridine rings is 1. The Hall–Kier alpha value is -2.01. The SMILES string of the molecule is CSc1cccc(NC(=O)COc2ccccn2)c1. The third-order valence-electron chi connectivity index (χ3n) is 2.34. The Kier molecular flexibility index (Phi) is 4.80. The molecule has 0 atom stereocenters. The Balaban J connectivity index is 1.87. The van der Waals surface area contributed by atoms with E-state index in [9.17, 15) is 4.79 Å². The number of ether oxygens (including phenoxy) is 1. The molecule has 0 fully saturated rings. The summed E-state index contributed by atoms with van der Waals surface area (Å²) in [7, 11) is 0. The van der Waals surface area contributed by atoms with Gasteiger partial charge < -0.3 is 10.1 Å². The molecule has 2 aromatic rings. The van der Waals surface area contributed by atoms with Gasteiger partial charge in [-0.05, 0) is 30.5 Å². The average molecular weight is 274 g/mol. The van der Waals surface area contributed by atoms with E-state index in [1.807, 2.05) is 36.6 Å². The minimum atomic E-state index is -0.205. The highest BCUT2D eigenvalue weighted by molar-refractivity contribution is 7.98. The van der Waals surface area contributed by atoms with E-state index in [0.717, 1.165) is 10.6 Å². The fourth-order valence-electron chi connectivity index (χ4n) is 1.47. The van der Waals surface area contributed by atoms with Crippen LogP contribution in [0.1, 0.15) is 0 Å². The number of nitrogens with zero attached hydrogens (tertiary/aromatic N) is 1. The van der Waals surface area contributed by atoms with Crippen LogP contribution in [-0.2, 0) is 4.79 Å². The van der Waals surface area contributed by atoms with Crippen molar-refractivity contribution >= 4 is 23.4 Å². The molecule has 1 aromatic carbocycles. The van der Waals surface area contributed by atoms with Gasteiger partial charge in [-0.25, -0.2) is 4.98 Å². The van der Waals surface area contributed by atoms with E-state index in [1.165, 1.54) is 0 Å². The van der Waals surface area contributed by atoms with Gasteiger partial charge in [0.1, 0.15) is 0 Å². The van der Waals surface area contributed by atoms with Gasteiger partial charge in [-0.15, -0.1) is 11.8 Å². The van der Waals surface area contributed by atoms with E-state index >= 15 is 0 Å². The summed E-state index contributed by atoms with van der Waals surface area (Å²) in [6.45, 7) is -0.0551. The number of amides is 1. The number of hydrogen-bond donors (Lipinski definition) is 1. The third-order valence-corrected chi connectivity index (χ3v) is 3.07. The van der Waals surface area contributed by atoms with Crippen molar-refractivity contribution in [3.63, 3.8) is 0 Å². The highest BCUT2D eigenvalue weighted by Gasteiger charge is 2.04. The number of carbonyl (C=O) groups is 1. The fourth-order valence-corrected chi connectivity index (χ4v) is 1.93. The van der Waals surface area contributed by atoms with Crippen LogP contribution in [0.5, 0.6) is 5.88 Å². The molecule has 0 aliphatic rings. The number of thioether (sulfide) groups is 1. The van der Waals surface area contributed by atoms with Crippen molar-refractivity contribution in [2.45, 2.75) is 4.90 Å². The van der Waals surface area contributed by atoms with Gasteiger partial charge in [0.05, 0.1) is 0 Å². The Bertz CT molecular complexity index is 546. The lowest BCUT2D eigenvalue weighted by molar-refractivity contribution is -0.118. The molecule has 0 saturated heterocycles. The maximum absolute atomic E-state index is 11.7. The van der Waals surface area contributed by atoms with Crippen LogP contribution in [0.2, 0.25) is 0 Å². The molecule has 1 aromatic heterocycles. The lowest BCUT2D eigenvalue weighted by atomic mass is 10.3. The Labute approximate surface area is 116 Å². The maximum Gasteiger partial charge on any atom is 0.262 e. The lowest BCUT2D eigenvalue weighted by Crippen LogP contribution is -2.20. The highest BCUT2D eigenvalue weighted by atomic mass is 32.2. The van der Waals surface area contributed by atoms with E-state index in [-0.39, 0.29) is 12.5 Å². The molecule has 0 aliphatic heterocycles. The number of nitrogens with one attached hydrogen (secondary N) is 1. The van der Waals surface area contributed by atoms with Crippen LogP contribution in [0.4, 0.5) is 5.69 Å². The van der Waals surface area contributed by atoms with Gasteiger partial charge in [0.15, 0.2) is 6.61 Å². The molecule has 98 valence electrons. The van der Waals surface area contributed by atoms with Crippen molar-refractivity contribution in [2.75, 3.05) is 18.2 Å². The number of aromatic nitrogens is 1. The normalized spacial score (nSPS) is 9.95. The summed E-state index contributed by atoms with van der Waals surface area (Å²) in [6, 6.07) is 13.0. The smallest absolute Gasteiger partial charge is 0.262 e. The van der Waals surface area contributed by atoms with Gasteiger partial charge in [0.25, 0.3) is 5.91 Å². The molecule has 0 radical (unpaired) electrons. The number of rotatable bonds is 5. The summed E-state index contributed by atoms with van der Waals surface area (Å²) in [4.78, 5) is 16.8. The standard InChI is InChI=1S/C14H14N2O2S/c1-19-12-6-4-5-11(9-12)16-13(17)10-18-14-7-2-3-8-15-14/h2-9H,10H2,1H3,(H,16,17). The molecule has 0 spiro atoms. The molecule has 2 rings (SSSR count). The second-order valence-electron chi connectivity index (χ2n) is 3.74. The van der Waals surface area contributed by atoms with Gasteiger partial charge in [-0.3, -0.25) is 4.79 Å². The van der Waals surface area contributed by atoms with Crippen molar-refractivity contribution in [1.82, 2.24) is 4.98 Å². The zero-order valence-corrected chi connectivity index (χ0v) is 11.3. The van der Waals surface area contributed by atoms with Crippen LogP contribution in [-0.4, -0.2) is 23.8 Å². The number of hydrogen-bond acceptors (Lipinski definition) is 4. The van der Waals surface area contributed by atoms with Crippen LogP contribution < -0.4 is 10.1 Å². The third kappa shape index (κ3) is 4.30. The number of carbonyl (C=O) groups excluding carboxylic acids is 1. The lowest BCUT2D eigenvalue weighted by Gasteiger charge is -2.07. The van der Waals surface area contributed by atoms with E-state index in [4.69, 9.17) is 4.74 Å². The van der Waals surface area contributed by atoms with Crippen LogP contribution in [0.3, 0.4) is 0 Å². The van der Waals surface area contributed by atoms with Crippen LogP contribution >= 0.6 is 11.8 Å². The van der Waals surface area contributed by atoms with Crippen LogP contribution in [0.15, 0.2) is 53.6 Å². The second kappa shape index (κ2) is 6.80. The molecular formula is C14H14N2O2S. The van der Waals surface area contributed by atoms with Gasteiger partial charge >= 0.3 is 0 Å². The van der Waals surface area contributed by atoms with Gasteiger partial charge in [-0.1, -0.05) is 12.1 Å². The molecule has 0 bridgehead atoms. The zero-order valence-electron chi connectivity index (χ0n) is 10.5. The summed E-state index contributed by atoms with van der Waals surface area (Å²) in [5.74, 6) is 0.236. The van der Waals surface area contributed by atoms with Crippen LogP contribution in [0, 0.1) is 0 Å². The maximum atomic E-state index is 11.7. The Morgan fingerprint density at radius 3 is 2.95 bits per heavy atom. The van der Waals surface area contributed by atoms with E-state index in [2.05, 4.69) is 10.3 Å². The summed E-state index contributed by atoms with van der Waals surface area (Å²) < 4.78 is 5.27. The zero-order chi connectivity index (χ0) is 13.5. The Morgan fingerprint density at radius 1 is 1.32 bits per heavy atom. The quantitative estimate of drug-likeness (QED) is 0.852. The second-order valence-corrected chi connectivity index (χ2v) is 4.62. The topological polar surface area (TPSA) is 51.2 Å². The highest BCUT2D eigenvalue weighted by Crippen LogP contribution is 2.18. The molecule has 1 heterocycles. The minimum absolute atomic E-state index is 0.0551.